The Kier molecular flexibility index (Phi) is 3.99. The molecule has 104 valence electrons. The Labute approximate surface area is 109 Å². The summed E-state index contributed by atoms with van der Waals surface area (Å²) >= 11 is 0. The Balaban J connectivity index is 1.93. The highest BCUT2D eigenvalue weighted by atomic mass is 19.3. The first kappa shape index (κ1) is 13.7. The van der Waals surface area contributed by atoms with E-state index in [9.17, 15) is 13.6 Å². The van der Waals surface area contributed by atoms with E-state index in [0.29, 0.717) is 13.1 Å². The number of carboxylic acids is 1. The Morgan fingerprint density at radius 2 is 1.95 bits per heavy atom. The topological polar surface area (TPSA) is 49.8 Å². The predicted molar refractivity (Wildman–Crippen MR) is 64.2 cm³/mol. The van der Waals surface area contributed by atoms with Crippen LogP contribution < -0.4 is 4.74 Å². The van der Waals surface area contributed by atoms with Crippen LogP contribution in [0.1, 0.15) is 18.5 Å². The quantitative estimate of drug-likeness (QED) is 0.893. The van der Waals surface area contributed by atoms with Gasteiger partial charge in [0.25, 0.3) is 0 Å². The summed E-state index contributed by atoms with van der Waals surface area (Å²) in [6.07, 6.45) is 0. The third kappa shape index (κ3) is 3.20. The smallest absolute Gasteiger partial charge is 0.387 e. The molecular weight excluding hydrogens is 256 g/mol. The summed E-state index contributed by atoms with van der Waals surface area (Å²) in [5.74, 6) is -0.953. The first-order valence-corrected chi connectivity index (χ1v) is 5.99. The Morgan fingerprint density at radius 1 is 1.37 bits per heavy atom. The zero-order valence-corrected chi connectivity index (χ0v) is 10.4. The molecule has 0 aliphatic carbocycles. The van der Waals surface area contributed by atoms with Crippen molar-refractivity contribution in [2.45, 2.75) is 19.6 Å². The molecule has 1 saturated heterocycles. The summed E-state index contributed by atoms with van der Waals surface area (Å²) in [4.78, 5) is 12.7. The van der Waals surface area contributed by atoms with Crippen LogP contribution in [-0.2, 0) is 4.79 Å². The van der Waals surface area contributed by atoms with Gasteiger partial charge in [-0.1, -0.05) is 12.1 Å². The molecule has 0 bridgehead atoms. The number of alkyl halides is 2. The molecular formula is C13H15F2NO3. The van der Waals surface area contributed by atoms with Crippen molar-refractivity contribution in [2.24, 2.45) is 5.92 Å². The molecule has 0 amide bonds. The molecule has 1 fully saturated rings. The van der Waals surface area contributed by atoms with Gasteiger partial charge >= 0.3 is 12.6 Å². The van der Waals surface area contributed by atoms with Gasteiger partial charge in [-0.15, -0.1) is 0 Å². The van der Waals surface area contributed by atoms with Gasteiger partial charge in [0.2, 0.25) is 0 Å². The monoisotopic (exact) mass is 271 g/mol. The minimum atomic E-state index is -2.82. The number of aliphatic carboxylic acids is 1. The van der Waals surface area contributed by atoms with Crippen LogP contribution in [0.25, 0.3) is 0 Å². The molecule has 1 heterocycles. The van der Waals surface area contributed by atoms with Crippen LogP contribution in [0.2, 0.25) is 0 Å². The highest BCUT2D eigenvalue weighted by Crippen LogP contribution is 2.29. The number of carbonyl (C=O) groups is 1. The van der Waals surface area contributed by atoms with Crippen molar-refractivity contribution in [3.05, 3.63) is 29.8 Å². The van der Waals surface area contributed by atoms with E-state index < -0.39 is 12.6 Å². The Hall–Kier alpha value is -1.69. The lowest BCUT2D eigenvalue weighted by Crippen LogP contribution is -2.51. The highest BCUT2D eigenvalue weighted by Gasteiger charge is 2.35. The number of benzene rings is 1. The zero-order chi connectivity index (χ0) is 14.0. The van der Waals surface area contributed by atoms with Gasteiger partial charge in [0.05, 0.1) is 5.92 Å². The van der Waals surface area contributed by atoms with Crippen molar-refractivity contribution in [3.8, 4) is 5.75 Å². The molecule has 1 aliphatic rings. The molecule has 6 heteroatoms. The number of hydrogen-bond donors (Lipinski definition) is 1. The van der Waals surface area contributed by atoms with Crippen LogP contribution in [0.3, 0.4) is 0 Å². The van der Waals surface area contributed by atoms with Crippen molar-refractivity contribution in [1.29, 1.82) is 0 Å². The fraction of sp³-hybridized carbons (Fsp3) is 0.462. The first-order chi connectivity index (χ1) is 8.97. The minimum absolute atomic E-state index is 0.0659. The molecule has 0 aromatic heterocycles. The van der Waals surface area contributed by atoms with Crippen molar-refractivity contribution in [1.82, 2.24) is 4.90 Å². The van der Waals surface area contributed by atoms with Gasteiger partial charge in [-0.2, -0.15) is 8.78 Å². The number of rotatable bonds is 5. The molecule has 1 N–H and O–H groups in total. The van der Waals surface area contributed by atoms with E-state index in [1.807, 2.05) is 11.8 Å². The average molecular weight is 271 g/mol. The lowest BCUT2D eigenvalue weighted by molar-refractivity contribution is -0.148. The molecule has 0 saturated carbocycles. The molecule has 1 aromatic carbocycles. The SMILES string of the molecule is CC(c1ccc(OC(F)F)cc1)N1CC(C(=O)O)C1. The minimum Gasteiger partial charge on any atom is -0.481 e. The third-order valence-electron chi connectivity index (χ3n) is 3.39. The van der Waals surface area contributed by atoms with Crippen molar-refractivity contribution in [3.63, 3.8) is 0 Å². The van der Waals surface area contributed by atoms with Crippen LogP contribution in [0.5, 0.6) is 5.75 Å². The number of ether oxygens (including phenoxy) is 1. The maximum atomic E-state index is 12.0. The molecule has 2 rings (SSSR count). The second kappa shape index (κ2) is 5.52. The molecule has 1 aliphatic heterocycles. The Morgan fingerprint density at radius 3 is 2.42 bits per heavy atom. The molecule has 0 spiro atoms. The third-order valence-corrected chi connectivity index (χ3v) is 3.39. The van der Waals surface area contributed by atoms with Crippen molar-refractivity contribution < 1.29 is 23.4 Å². The fourth-order valence-corrected chi connectivity index (χ4v) is 2.12. The van der Waals surface area contributed by atoms with Crippen LogP contribution in [0, 0.1) is 5.92 Å². The lowest BCUT2D eigenvalue weighted by Gasteiger charge is -2.41. The number of likely N-dealkylation sites (tertiary alicyclic amines) is 1. The molecule has 4 nitrogen and oxygen atoms in total. The number of carboxylic acid groups (broad SMARTS) is 1. The summed E-state index contributed by atoms with van der Waals surface area (Å²) < 4.78 is 28.3. The lowest BCUT2D eigenvalue weighted by atomic mass is 9.95. The van der Waals surface area contributed by atoms with E-state index in [1.165, 1.54) is 12.1 Å². The van der Waals surface area contributed by atoms with E-state index in [1.54, 1.807) is 12.1 Å². The number of hydrogen-bond acceptors (Lipinski definition) is 3. The number of nitrogens with zero attached hydrogens (tertiary/aromatic N) is 1. The second-order valence-electron chi connectivity index (χ2n) is 4.61. The summed E-state index contributed by atoms with van der Waals surface area (Å²) in [6.45, 7) is 0.175. The number of halogens is 2. The van der Waals surface area contributed by atoms with E-state index in [0.717, 1.165) is 5.56 Å². The predicted octanol–water partition coefficient (Wildman–Crippen LogP) is 2.37. The average Bonchev–Trinajstić information content (AvgIpc) is 2.26. The van der Waals surface area contributed by atoms with Gasteiger partial charge in [0.1, 0.15) is 5.75 Å². The van der Waals surface area contributed by atoms with Gasteiger partial charge in [-0.3, -0.25) is 9.69 Å². The first-order valence-electron chi connectivity index (χ1n) is 5.99. The van der Waals surface area contributed by atoms with Crippen LogP contribution in [0.15, 0.2) is 24.3 Å². The fourth-order valence-electron chi connectivity index (χ4n) is 2.12. The van der Waals surface area contributed by atoms with Gasteiger partial charge in [0.15, 0.2) is 0 Å². The van der Waals surface area contributed by atoms with Gasteiger partial charge in [0, 0.05) is 19.1 Å². The van der Waals surface area contributed by atoms with E-state index in [2.05, 4.69) is 4.74 Å². The highest BCUT2D eigenvalue weighted by molar-refractivity contribution is 5.71. The second-order valence-corrected chi connectivity index (χ2v) is 4.61. The summed E-state index contributed by atoms with van der Waals surface area (Å²) in [6, 6.07) is 6.49. The largest absolute Gasteiger partial charge is 0.481 e. The van der Waals surface area contributed by atoms with Gasteiger partial charge in [-0.25, -0.2) is 0 Å². The van der Waals surface area contributed by atoms with Crippen LogP contribution in [0.4, 0.5) is 8.78 Å². The summed E-state index contributed by atoms with van der Waals surface area (Å²) in [5.41, 5.74) is 0.949. The Bertz CT molecular complexity index is 444. The van der Waals surface area contributed by atoms with Gasteiger partial charge in [-0.05, 0) is 24.6 Å². The van der Waals surface area contributed by atoms with Crippen molar-refractivity contribution >= 4 is 5.97 Å². The molecule has 1 aromatic rings. The van der Waals surface area contributed by atoms with Crippen LogP contribution in [-0.4, -0.2) is 35.7 Å². The van der Waals surface area contributed by atoms with E-state index >= 15 is 0 Å². The van der Waals surface area contributed by atoms with E-state index in [-0.39, 0.29) is 17.7 Å². The summed E-state index contributed by atoms with van der Waals surface area (Å²) in [5, 5.41) is 8.81. The van der Waals surface area contributed by atoms with Crippen LogP contribution >= 0.6 is 0 Å². The maximum Gasteiger partial charge on any atom is 0.387 e. The molecule has 1 atom stereocenters. The standard InChI is InChI=1S/C13H15F2NO3/c1-8(16-6-10(7-16)12(17)18)9-2-4-11(5-3-9)19-13(14)15/h2-5,8,10,13H,6-7H2,1H3,(H,17,18). The van der Waals surface area contributed by atoms with Gasteiger partial charge < -0.3 is 9.84 Å². The molecule has 0 radical (unpaired) electrons. The summed E-state index contributed by atoms with van der Waals surface area (Å²) in [7, 11) is 0. The van der Waals surface area contributed by atoms with Crippen molar-refractivity contribution in [2.75, 3.05) is 13.1 Å². The molecule has 19 heavy (non-hydrogen) atoms. The zero-order valence-electron chi connectivity index (χ0n) is 10.4. The maximum absolute atomic E-state index is 12.0. The molecule has 1 unspecified atom stereocenters. The van der Waals surface area contributed by atoms with E-state index in [4.69, 9.17) is 5.11 Å². The normalized spacial score (nSPS) is 18.1.